The van der Waals surface area contributed by atoms with Crippen molar-refractivity contribution in [3.8, 4) is 0 Å². The van der Waals surface area contributed by atoms with Crippen LogP contribution in [-0.4, -0.2) is 76.2 Å². The molecule has 0 aromatic carbocycles. The molecule has 7 heteroatoms. The van der Waals surface area contributed by atoms with Crippen LogP contribution in [0.3, 0.4) is 0 Å². The number of aryl methyl sites for hydroxylation is 1. The summed E-state index contributed by atoms with van der Waals surface area (Å²) in [5, 5.41) is 3.06. The first-order valence-corrected chi connectivity index (χ1v) is 9.38. The van der Waals surface area contributed by atoms with Gasteiger partial charge in [-0.25, -0.2) is 4.98 Å². The highest BCUT2D eigenvalue weighted by Crippen LogP contribution is 2.15. The van der Waals surface area contributed by atoms with Crippen LogP contribution in [0.1, 0.15) is 32.5 Å². The molecule has 0 unspecified atom stereocenters. The third kappa shape index (κ3) is 4.59. The van der Waals surface area contributed by atoms with E-state index in [1.54, 1.807) is 0 Å². The quantitative estimate of drug-likeness (QED) is 0.815. The minimum Gasteiger partial charge on any atom is -0.376 e. The second kappa shape index (κ2) is 8.29. The van der Waals surface area contributed by atoms with E-state index >= 15 is 0 Å². The van der Waals surface area contributed by atoms with Gasteiger partial charge in [0.05, 0.1) is 18.7 Å². The monoisotopic (exact) mass is 349 g/mol. The summed E-state index contributed by atoms with van der Waals surface area (Å²) in [5.74, 6) is 1.20. The SMILES string of the molecule is C[C@@H]1CN([C@H](C)C(=O)NC[C@H]2CCCO2)CCN1Cc1nccn1C. The van der Waals surface area contributed by atoms with Crippen LogP contribution in [-0.2, 0) is 23.1 Å². The number of aromatic nitrogens is 2. The Morgan fingerprint density at radius 3 is 2.96 bits per heavy atom. The van der Waals surface area contributed by atoms with Gasteiger partial charge in [-0.2, -0.15) is 0 Å². The Hall–Kier alpha value is -1.44. The van der Waals surface area contributed by atoms with Crippen molar-refractivity contribution in [2.45, 2.75) is 51.4 Å². The molecular weight excluding hydrogens is 318 g/mol. The Morgan fingerprint density at radius 1 is 1.48 bits per heavy atom. The summed E-state index contributed by atoms with van der Waals surface area (Å²) in [7, 11) is 2.03. The summed E-state index contributed by atoms with van der Waals surface area (Å²) in [6.07, 6.45) is 6.18. The third-order valence-electron chi connectivity index (χ3n) is 5.52. The average molecular weight is 349 g/mol. The zero-order chi connectivity index (χ0) is 17.8. The molecule has 2 fully saturated rings. The molecule has 25 heavy (non-hydrogen) atoms. The first kappa shape index (κ1) is 18.4. The molecule has 1 N–H and O–H groups in total. The number of amides is 1. The van der Waals surface area contributed by atoms with E-state index in [0.717, 1.165) is 51.5 Å². The first-order chi connectivity index (χ1) is 12.0. The maximum atomic E-state index is 12.5. The summed E-state index contributed by atoms with van der Waals surface area (Å²) >= 11 is 0. The molecule has 1 aromatic rings. The van der Waals surface area contributed by atoms with E-state index in [9.17, 15) is 4.79 Å². The van der Waals surface area contributed by atoms with Crippen LogP contribution in [0.2, 0.25) is 0 Å². The zero-order valence-electron chi connectivity index (χ0n) is 15.6. The molecule has 3 heterocycles. The molecule has 1 aromatic heterocycles. The van der Waals surface area contributed by atoms with Crippen molar-refractivity contribution in [1.29, 1.82) is 0 Å². The molecule has 0 aliphatic carbocycles. The van der Waals surface area contributed by atoms with Crippen molar-refractivity contribution in [1.82, 2.24) is 24.7 Å². The van der Waals surface area contributed by atoms with E-state index in [4.69, 9.17) is 4.74 Å². The number of carbonyl (C=O) groups excluding carboxylic acids is 1. The van der Waals surface area contributed by atoms with Crippen molar-refractivity contribution >= 4 is 5.91 Å². The molecule has 2 saturated heterocycles. The molecule has 3 rings (SSSR count). The van der Waals surface area contributed by atoms with Gasteiger partial charge in [-0.3, -0.25) is 14.6 Å². The molecular formula is C18H31N5O2. The number of nitrogens with one attached hydrogen (secondary N) is 1. The number of hydrogen-bond donors (Lipinski definition) is 1. The van der Waals surface area contributed by atoms with E-state index in [1.165, 1.54) is 0 Å². The van der Waals surface area contributed by atoms with Crippen LogP contribution in [0.4, 0.5) is 0 Å². The highest BCUT2D eigenvalue weighted by Gasteiger charge is 2.30. The molecule has 0 spiro atoms. The number of rotatable bonds is 6. The van der Waals surface area contributed by atoms with Gasteiger partial charge in [-0.1, -0.05) is 0 Å². The molecule has 0 bridgehead atoms. The first-order valence-electron chi connectivity index (χ1n) is 9.38. The van der Waals surface area contributed by atoms with Crippen molar-refractivity contribution < 1.29 is 9.53 Å². The lowest BCUT2D eigenvalue weighted by molar-refractivity contribution is -0.127. The van der Waals surface area contributed by atoms with E-state index < -0.39 is 0 Å². The molecule has 1 amide bonds. The normalized spacial score (nSPS) is 26.7. The number of hydrogen-bond acceptors (Lipinski definition) is 5. The van der Waals surface area contributed by atoms with E-state index in [2.05, 4.69) is 31.6 Å². The van der Waals surface area contributed by atoms with Crippen LogP contribution < -0.4 is 5.32 Å². The van der Waals surface area contributed by atoms with Crippen molar-refractivity contribution in [2.24, 2.45) is 7.05 Å². The van der Waals surface area contributed by atoms with Crippen LogP contribution in [0.15, 0.2) is 12.4 Å². The Morgan fingerprint density at radius 2 is 2.32 bits per heavy atom. The number of imidazole rings is 1. The lowest BCUT2D eigenvalue weighted by atomic mass is 10.1. The van der Waals surface area contributed by atoms with Gasteiger partial charge >= 0.3 is 0 Å². The topological polar surface area (TPSA) is 62.6 Å². The van der Waals surface area contributed by atoms with Gasteiger partial charge in [0.1, 0.15) is 5.82 Å². The minimum absolute atomic E-state index is 0.0980. The Balaban J connectivity index is 1.46. The zero-order valence-corrected chi connectivity index (χ0v) is 15.6. The Bertz CT molecular complexity index is 570. The summed E-state index contributed by atoms with van der Waals surface area (Å²) in [5.41, 5.74) is 0. The van der Waals surface area contributed by atoms with Crippen LogP contribution in [0.5, 0.6) is 0 Å². The second-order valence-electron chi connectivity index (χ2n) is 7.32. The minimum atomic E-state index is -0.0980. The maximum absolute atomic E-state index is 12.5. The smallest absolute Gasteiger partial charge is 0.237 e. The lowest BCUT2D eigenvalue weighted by Crippen LogP contribution is -2.57. The van der Waals surface area contributed by atoms with E-state index in [1.807, 2.05) is 26.4 Å². The number of piperazine rings is 1. The highest BCUT2D eigenvalue weighted by atomic mass is 16.5. The number of carbonyl (C=O) groups is 1. The molecule has 140 valence electrons. The summed E-state index contributed by atoms with van der Waals surface area (Å²) in [6.45, 7) is 9.32. The Labute approximate surface area is 150 Å². The van der Waals surface area contributed by atoms with Gasteiger partial charge in [-0.15, -0.1) is 0 Å². The van der Waals surface area contributed by atoms with Crippen molar-refractivity contribution in [2.75, 3.05) is 32.8 Å². The predicted molar refractivity (Wildman–Crippen MR) is 96.1 cm³/mol. The fourth-order valence-corrected chi connectivity index (χ4v) is 3.67. The molecule has 7 nitrogen and oxygen atoms in total. The molecule has 0 saturated carbocycles. The maximum Gasteiger partial charge on any atom is 0.237 e. The summed E-state index contributed by atoms with van der Waals surface area (Å²) in [6, 6.07) is 0.304. The predicted octanol–water partition coefficient (Wildman–Crippen LogP) is 0.610. The van der Waals surface area contributed by atoms with E-state index in [-0.39, 0.29) is 18.1 Å². The molecule has 2 aliphatic rings. The highest BCUT2D eigenvalue weighted by molar-refractivity contribution is 5.81. The fourth-order valence-electron chi connectivity index (χ4n) is 3.67. The largest absolute Gasteiger partial charge is 0.376 e. The second-order valence-corrected chi connectivity index (χ2v) is 7.32. The van der Waals surface area contributed by atoms with Crippen molar-refractivity contribution in [3.05, 3.63) is 18.2 Å². The van der Waals surface area contributed by atoms with Gasteiger partial charge in [0.25, 0.3) is 0 Å². The standard InChI is InChI=1S/C18H31N5O2/c1-14-12-23(9-8-22(14)13-17-19-6-7-21(17)3)15(2)18(24)20-11-16-5-4-10-25-16/h6-7,14-16H,4-5,8-13H2,1-3H3,(H,20,24)/t14-,15-,16-/m1/s1. The van der Waals surface area contributed by atoms with Gasteiger partial charge in [0, 0.05) is 58.3 Å². The molecule has 2 aliphatic heterocycles. The van der Waals surface area contributed by atoms with E-state index in [0.29, 0.717) is 12.6 Å². The van der Waals surface area contributed by atoms with Gasteiger partial charge in [0.15, 0.2) is 0 Å². The Kier molecular flexibility index (Phi) is 6.09. The lowest BCUT2D eigenvalue weighted by Gasteiger charge is -2.41. The summed E-state index contributed by atoms with van der Waals surface area (Å²) < 4.78 is 7.65. The van der Waals surface area contributed by atoms with Gasteiger partial charge in [-0.05, 0) is 26.7 Å². The van der Waals surface area contributed by atoms with Crippen LogP contribution in [0.25, 0.3) is 0 Å². The molecule has 0 radical (unpaired) electrons. The van der Waals surface area contributed by atoms with Crippen LogP contribution >= 0.6 is 0 Å². The summed E-state index contributed by atoms with van der Waals surface area (Å²) in [4.78, 5) is 21.6. The number of ether oxygens (including phenoxy) is 1. The fraction of sp³-hybridized carbons (Fsp3) is 0.778. The third-order valence-corrected chi connectivity index (χ3v) is 5.52. The van der Waals surface area contributed by atoms with Gasteiger partial charge in [0.2, 0.25) is 5.91 Å². The van der Waals surface area contributed by atoms with Crippen LogP contribution in [0, 0.1) is 0 Å². The number of nitrogens with zero attached hydrogens (tertiary/aromatic N) is 4. The van der Waals surface area contributed by atoms with Crippen molar-refractivity contribution in [3.63, 3.8) is 0 Å². The van der Waals surface area contributed by atoms with Gasteiger partial charge < -0.3 is 14.6 Å². The average Bonchev–Trinajstić information content (AvgIpc) is 3.26. The molecule has 3 atom stereocenters.